The molecule has 0 saturated heterocycles. The lowest BCUT2D eigenvalue weighted by molar-refractivity contribution is 0.360. The summed E-state index contributed by atoms with van der Waals surface area (Å²) in [5, 5.41) is 3.71. The first-order valence-electron chi connectivity index (χ1n) is 6.58. The molecule has 0 aliphatic rings. The third-order valence-corrected chi connectivity index (χ3v) is 4.80. The minimum Gasteiger partial charge on any atom is -0.307 e. The van der Waals surface area contributed by atoms with E-state index < -0.39 is 0 Å². The molecule has 98 valence electrons. The molecule has 0 spiro atoms. The van der Waals surface area contributed by atoms with Gasteiger partial charge in [0.05, 0.1) is 4.34 Å². The van der Waals surface area contributed by atoms with Crippen LogP contribution in [-0.2, 0) is 0 Å². The Bertz CT molecular complexity index is 324. The lowest BCUT2D eigenvalue weighted by atomic mass is 9.97. The highest BCUT2D eigenvalue weighted by atomic mass is 35.5. The molecule has 1 N–H and O–H groups in total. The topological polar surface area (TPSA) is 12.0 Å². The van der Waals surface area contributed by atoms with Gasteiger partial charge in [-0.3, -0.25) is 0 Å². The largest absolute Gasteiger partial charge is 0.307 e. The molecule has 3 unspecified atom stereocenters. The van der Waals surface area contributed by atoms with Crippen molar-refractivity contribution in [1.82, 2.24) is 5.32 Å². The van der Waals surface area contributed by atoms with E-state index in [-0.39, 0.29) is 0 Å². The van der Waals surface area contributed by atoms with Gasteiger partial charge < -0.3 is 5.32 Å². The van der Waals surface area contributed by atoms with Crippen molar-refractivity contribution in [2.24, 2.45) is 5.92 Å². The maximum atomic E-state index is 5.97. The summed E-state index contributed by atoms with van der Waals surface area (Å²) in [4.78, 5) is 1.33. The van der Waals surface area contributed by atoms with Gasteiger partial charge in [-0.1, -0.05) is 38.8 Å². The molecule has 0 aromatic carbocycles. The van der Waals surface area contributed by atoms with Gasteiger partial charge in [0, 0.05) is 17.0 Å². The van der Waals surface area contributed by atoms with Crippen LogP contribution in [0.25, 0.3) is 0 Å². The minimum absolute atomic E-state index is 0.404. The van der Waals surface area contributed by atoms with Crippen LogP contribution in [0.3, 0.4) is 0 Å². The molecule has 3 heteroatoms. The first-order chi connectivity index (χ1) is 8.06. The molecule has 0 fully saturated rings. The van der Waals surface area contributed by atoms with Crippen LogP contribution in [0, 0.1) is 5.92 Å². The second-order valence-electron chi connectivity index (χ2n) is 4.88. The molecule has 0 saturated carbocycles. The first-order valence-corrected chi connectivity index (χ1v) is 7.77. The van der Waals surface area contributed by atoms with E-state index in [0.29, 0.717) is 12.1 Å². The Labute approximate surface area is 115 Å². The van der Waals surface area contributed by atoms with Crippen LogP contribution in [0.15, 0.2) is 12.1 Å². The van der Waals surface area contributed by atoms with E-state index in [1.54, 1.807) is 11.3 Å². The molecule has 0 aliphatic heterocycles. The number of nitrogens with one attached hydrogen (secondary N) is 1. The van der Waals surface area contributed by atoms with Crippen molar-refractivity contribution < 1.29 is 0 Å². The van der Waals surface area contributed by atoms with Crippen LogP contribution < -0.4 is 5.32 Å². The smallest absolute Gasteiger partial charge is 0.0931 e. The van der Waals surface area contributed by atoms with E-state index in [0.717, 1.165) is 10.3 Å². The Morgan fingerprint density at radius 3 is 2.41 bits per heavy atom. The molecule has 0 amide bonds. The summed E-state index contributed by atoms with van der Waals surface area (Å²) in [6, 6.07) is 5.12. The van der Waals surface area contributed by atoms with Gasteiger partial charge in [0.2, 0.25) is 0 Å². The van der Waals surface area contributed by atoms with Crippen molar-refractivity contribution in [3.05, 3.63) is 21.3 Å². The van der Waals surface area contributed by atoms with Crippen LogP contribution in [0.5, 0.6) is 0 Å². The lowest BCUT2D eigenvalue weighted by Crippen LogP contribution is -2.32. The average Bonchev–Trinajstić information content (AvgIpc) is 2.74. The van der Waals surface area contributed by atoms with Crippen molar-refractivity contribution >= 4 is 22.9 Å². The number of thiophene rings is 1. The number of hydrogen-bond acceptors (Lipinski definition) is 2. The Morgan fingerprint density at radius 2 is 1.94 bits per heavy atom. The van der Waals surface area contributed by atoms with Crippen LogP contribution >= 0.6 is 22.9 Å². The summed E-state index contributed by atoms with van der Waals surface area (Å²) in [5.74, 6) is 0.798. The van der Waals surface area contributed by atoms with Crippen molar-refractivity contribution in [3.8, 4) is 0 Å². The van der Waals surface area contributed by atoms with E-state index >= 15 is 0 Å². The first kappa shape index (κ1) is 15.0. The van der Waals surface area contributed by atoms with E-state index in [9.17, 15) is 0 Å². The van der Waals surface area contributed by atoms with E-state index in [2.05, 4.69) is 39.1 Å². The molecule has 1 aromatic rings. The third-order valence-electron chi connectivity index (χ3n) is 3.38. The maximum absolute atomic E-state index is 5.97. The van der Waals surface area contributed by atoms with Gasteiger partial charge in [-0.05, 0) is 37.8 Å². The minimum atomic E-state index is 0.404. The molecule has 0 radical (unpaired) electrons. The summed E-state index contributed by atoms with van der Waals surface area (Å²) < 4.78 is 0.878. The fourth-order valence-corrected chi connectivity index (χ4v) is 3.07. The number of halogens is 1. The highest BCUT2D eigenvalue weighted by Gasteiger charge is 2.15. The van der Waals surface area contributed by atoms with Gasteiger partial charge in [-0.2, -0.15) is 0 Å². The highest BCUT2D eigenvalue weighted by molar-refractivity contribution is 7.16. The molecule has 0 bridgehead atoms. The summed E-state index contributed by atoms with van der Waals surface area (Å²) in [7, 11) is 0. The molecule has 1 aromatic heterocycles. The molecule has 1 heterocycles. The van der Waals surface area contributed by atoms with Crippen LogP contribution in [0.4, 0.5) is 0 Å². The van der Waals surface area contributed by atoms with E-state index in [4.69, 9.17) is 11.6 Å². The van der Waals surface area contributed by atoms with Gasteiger partial charge in [-0.15, -0.1) is 11.3 Å². The number of rotatable bonds is 7. The second kappa shape index (κ2) is 7.40. The summed E-state index contributed by atoms with van der Waals surface area (Å²) in [6.07, 6.45) is 3.71. The molecule has 0 aliphatic carbocycles. The van der Waals surface area contributed by atoms with E-state index in [1.807, 2.05) is 6.07 Å². The molecular formula is C14H24ClNS. The monoisotopic (exact) mass is 273 g/mol. The van der Waals surface area contributed by atoms with Crippen LogP contribution in [0.2, 0.25) is 4.34 Å². The molecule has 17 heavy (non-hydrogen) atoms. The second-order valence-corrected chi connectivity index (χ2v) is 6.63. The summed E-state index contributed by atoms with van der Waals surface area (Å²) >= 11 is 7.65. The Hall–Kier alpha value is -0.0500. The molecular weight excluding hydrogens is 250 g/mol. The zero-order valence-electron chi connectivity index (χ0n) is 11.3. The van der Waals surface area contributed by atoms with Crippen molar-refractivity contribution in [2.75, 3.05) is 0 Å². The third kappa shape index (κ3) is 4.99. The van der Waals surface area contributed by atoms with Gasteiger partial charge in [0.15, 0.2) is 0 Å². The Kier molecular flexibility index (Phi) is 6.53. The van der Waals surface area contributed by atoms with Gasteiger partial charge in [0.25, 0.3) is 0 Å². The maximum Gasteiger partial charge on any atom is 0.0931 e. The van der Waals surface area contributed by atoms with Crippen molar-refractivity contribution in [3.63, 3.8) is 0 Å². The van der Waals surface area contributed by atoms with Crippen molar-refractivity contribution in [2.45, 2.75) is 59.0 Å². The SMILES string of the molecule is CCC(C)CC(CC)NC(C)c1ccc(Cl)s1. The van der Waals surface area contributed by atoms with Crippen LogP contribution in [-0.4, -0.2) is 6.04 Å². The number of hydrogen-bond donors (Lipinski definition) is 1. The van der Waals surface area contributed by atoms with E-state index in [1.165, 1.54) is 24.1 Å². The predicted octanol–water partition coefficient (Wildman–Crippen LogP) is 5.27. The lowest BCUT2D eigenvalue weighted by Gasteiger charge is -2.24. The zero-order chi connectivity index (χ0) is 12.8. The van der Waals surface area contributed by atoms with Gasteiger partial charge in [0.1, 0.15) is 0 Å². The fraction of sp³-hybridized carbons (Fsp3) is 0.714. The van der Waals surface area contributed by atoms with Crippen LogP contribution in [0.1, 0.15) is 57.9 Å². The molecule has 1 nitrogen and oxygen atoms in total. The average molecular weight is 274 g/mol. The summed E-state index contributed by atoms with van der Waals surface area (Å²) in [5.41, 5.74) is 0. The highest BCUT2D eigenvalue weighted by Crippen LogP contribution is 2.27. The quantitative estimate of drug-likeness (QED) is 0.714. The molecule has 3 atom stereocenters. The Balaban J connectivity index is 2.50. The zero-order valence-corrected chi connectivity index (χ0v) is 12.9. The predicted molar refractivity (Wildman–Crippen MR) is 79.0 cm³/mol. The Morgan fingerprint density at radius 1 is 1.24 bits per heavy atom. The fourth-order valence-electron chi connectivity index (χ4n) is 2.00. The van der Waals surface area contributed by atoms with Gasteiger partial charge >= 0.3 is 0 Å². The normalized spacial score (nSPS) is 16.8. The van der Waals surface area contributed by atoms with Crippen molar-refractivity contribution in [1.29, 1.82) is 0 Å². The molecule has 1 rings (SSSR count). The van der Waals surface area contributed by atoms with Gasteiger partial charge in [-0.25, -0.2) is 0 Å². The standard InChI is InChI=1S/C14H24ClNS/c1-5-10(3)9-12(6-2)16-11(4)13-7-8-14(15)17-13/h7-8,10-12,16H,5-6,9H2,1-4H3. The summed E-state index contributed by atoms with van der Waals surface area (Å²) in [6.45, 7) is 9.08.